The molecule has 0 aromatic carbocycles. The maximum absolute atomic E-state index is 5.72. The third-order valence-electron chi connectivity index (χ3n) is 0.736. The van der Waals surface area contributed by atoms with Crippen molar-refractivity contribution in [3.63, 3.8) is 0 Å². The lowest BCUT2D eigenvalue weighted by molar-refractivity contribution is 0.447. The van der Waals surface area contributed by atoms with Crippen LogP contribution in [0.1, 0.15) is 0 Å². The molecule has 11 heavy (non-hydrogen) atoms. The Morgan fingerprint density at radius 3 is 2.36 bits per heavy atom. The summed E-state index contributed by atoms with van der Waals surface area (Å²) in [5.41, 5.74) is 1.78. The molecule has 0 spiro atoms. The fourth-order valence-electron chi connectivity index (χ4n) is 0.577. The van der Waals surface area contributed by atoms with E-state index in [0.29, 0.717) is 9.76 Å². The Hall–Kier alpha value is 0.311. The van der Waals surface area contributed by atoms with Gasteiger partial charge in [-0.25, -0.2) is 0 Å². The highest BCUT2D eigenvalue weighted by atomic mass is 28.4. The van der Waals surface area contributed by atoms with Gasteiger partial charge in [-0.2, -0.15) is 0 Å². The van der Waals surface area contributed by atoms with Crippen LogP contribution < -0.4 is 0 Å². The standard InChI is InChI=1S/C6H15O2Si3/c1-6-9-7-10(2)8-11(3,4)5/h6H,1H2,2-5H3. The number of hydrogen-bond acceptors (Lipinski definition) is 2. The highest BCUT2D eigenvalue weighted by Crippen LogP contribution is 2.04. The van der Waals surface area contributed by atoms with Gasteiger partial charge in [-0.1, -0.05) is 5.70 Å². The Balaban J connectivity index is 3.51. The van der Waals surface area contributed by atoms with E-state index in [9.17, 15) is 0 Å². The molecule has 0 N–H and O–H groups in total. The van der Waals surface area contributed by atoms with Crippen molar-refractivity contribution in [2.75, 3.05) is 0 Å². The third-order valence-corrected chi connectivity index (χ3v) is 6.12. The minimum absolute atomic E-state index is 0.387. The van der Waals surface area contributed by atoms with Gasteiger partial charge in [0.15, 0.2) is 8.32 Å². The first-order valence-corrected chi connectivity index (χ1v) is 9.72. The first-order valence-electron chi connectivity index (χ1n) is 3.51. The quantitative estimate of drug-likeness (QED) is 0.634. The van der Waals surface area contributed by atoms with Crippen molar-refractivity contribution in [2.45, 2.75) is 26.2 Å². The summed E-state index contributed by atoms with van der Waals surface area (Å²) in [6, 6.07) is 0. The predicted octanol–water partition coefficient (Wildman–Crippen LogP) is 1.74. The molecule has 0 aliphatic rings. The van der Waals surface area contributed by atoms with Gasteiger partial charge in [0, 0.05) is 0 Å². The van der Waals surface area contributed by atoms with Crippen molar-refractivity contribution in [2.24, 2.45) is 0 Å². The molecule has 0 aromatic heterocycles. The van der Waals surface area contributed by atoms with Gasteiger partial charge >= 0.3 is 9.28 Å². The molecular formula is C6H15O2Si3. The van der Waals surface area contributed by atoms with E-state index in [1.807, 2.05) is 6.55 Å². The summed E-state index contributed by atoms with van der Waals surface area (Å²) >= 11 is 0. The fourth-order valence-corrected chi connectivity index (χ4v) is 5.57. The normalized spacial score (nSPS) is 12.1. The minimum Gasteiger partial charge on any atom is -0.436 e. The van der Waals surface area contributed by atoms with Crippen LogP contribution in [0.4, 0.5) is 0 Å². The zero-order valence-corrected chi connectivity index (χ0v) is 10.6. The van der Waals surface area contributed by atoms with Crippen molar-refractivity contribution in [3.05, 3.63) is 12.3 Å². The lowest BCUT2D eigenvalue weighted by atomic mass is 11.3. The lowest BCUT2D eigenvalue weighted by Gasteiger charge is -2.21. The van der Waals surface area contributed by atoms with Crippen LogP contribution in [0.15, 0.2) is 12.3 Å². The van der Waals surface area contributed by atoms with Crippen LogP contribution in [0.2, 0.25) is 26.2 Å². The smallest absolute Gasteiger partial charge is 0.359 e. The summed E-state index contributed by atoms with van der Waals surface area (Å²) in [4.78, 5) is 0. The molecule has 0 rings (SSSR count). The fraction of sp³-hybridized carbons (Fsp3) is 0.667. The Bertz CT molecular complexity index is 121. The van der Waals surface area contributed by atoms with E-state index in [2.05, 4.69) is 26.2 Å². The summed E-state index contributed by atoms with van der Waals surface area (Å²) in [6.45, 7) is 12.1. The van der Waals surface area contributed by atoms with E-state index < -0.39 is 17.6 Å². The van der Waals surface area contributed by atoms with Crippen molar-refractivity contribution in [1.82, 2.24) is 0 Å². The van der Waals surface area contributed by atoms with Crippen molar-refractivity contribution >= 4 is 27.4 Å². The van der Waals surface area contributed by atoms with Crippen LogP contribution >= 0.6 is 0 Å². The zero-order valence-electron chi connectivity index (χ0n) is 7.60. The number of rotatable bonds is 5. The molecular weight excluding hydrogens is 188 g/mol. The first-order chi connectivity index (χ1) is 4.95. The Morgan fingerprint density at radius 1 is 1.45 bits per heavy atom. The van der Waals surface area contributed by atoms with E-state index in [4.69, 9.17) is 8.23 Å². The molecule has 0 unspecified atom stereocenters. The zero-order chi connectivity index (χ0) is 8.91. The van der Waals surface area contributed by atoms with Crippen LogP contribution in [0.5, 0.6) is 0 Å². The molecule has 0 fully saturated rings. The maximum Gasteiger partial charge on any atom is 0.359 e. The minimum atomic E-state index is -1.38. The molecule has 0 saturated carbocycles. The molecule has 2 nitrogen and oxygen atoms in total. The molecule has 5 heteroatoms. The average Bonchev–Trinajstić information content (AvgIpc) is 1.79. The summed E-state index contributed by atoms with van der Waals surface area (Å²) in [6.07, 6.45) is 0. The van der Waals surface area contributed by atoms with Crippen molar-refractivity contribution < 1.29 is 8.23 Å². The Kier molecular flexibility index (Phi) is 5.19. The van der Waals surface area contributed by atoms with Crippen LogP contribution in [0.25, 0.3) is 0 Å². The third kappa shape index (κ3) is 8.21. The lowest BCUT2D eigenvalue weighted by Crippen LogP contribution is -2.35. The molecule has 0 bridgehead atoms. The molecule has 0 heterocycles. The topological polar surface area (TPSA) is 18.5 Å². The summed E-state index contributed by atoms with van der Waals surface area (Å²) in [5, 5.41) is 0. The van der Waals surface area contributed by atoms with Gasteiger partial charge < -0.3 is 8.23 Å². The largest absolute Gasteiger partial charge is 0.436 e. The molecule has 63 valence electrons. The van der Waals surface area contributed by atoms with E-state index in [-0.39, 0.29) is 0 Å². The van der Waals surface area contributed by atoms with Gasteiger partial charge in [0.25, 0.3) is 0 Å². The monoisotopic (exact) mass is 203 g/mol. The van der Waals surface area contributed by atoms with Gasteiger partial charge in [-0.05, 0) is 26.2 Å². The molecule has 3 radical (unpaired) electrons. The molecule has 0 saturated heterocycles. The van der Waals surface area contributed by atoms with Crippen LogP contribution in [0.3, 0.4) is 0 Å². The van der Waals surface area contributed by atoms with Crippen LogP contribution in [-0.2, 0) is 8.23 Å². The molecule has 0 amide bonds. The highest BCUT2D eigenvalue weighted by molar-refractivity contribution is 6.76. The second-order valence-electron chi connectivity index (χ2n) is 3.13. The van der Waals surface area contributed by atoms with Crippen molar-refractivity contribution in [1.29, 1.82) is 0 Å². The summed E-state index contributed by atoms with van der Waals surface area (Å²) in [5.74, 6) is 0. The molecule has 0 aliphatic carbocycles. The van der Waals surface area contributed by atoms with Gasteiger partial charge in [0.05, 0.1) is 0 Å². The number of hydrogen-bond donors (Lipinski definition) is 0. The van der Waals surface area contributed by atoms with E-state index in [0.717, 1.165) is 0 Å². The maximum atomic E-state index is 5.72. The van der Waals surface area contributed by atoms with E-state index in [1.165, 1.54) is 0 Å². The van der Waals surface area contributed by atoms with Gasteiger partial charge in [0.1, 0.15) is 0 Å². The van der Waals surface area contributed by atoms with Gasteiger partial charge in [-0.15, -0.1) is 6.58 Å². The van der Waals surface area contributed by atoms with Crippen LogP contribution in [-0.4, -0.2) is 27.4 Å². The Labute approximate surface area is 74.5 Å². The highest BCUT2D eigenvalue weighted by Gasteiger charge is 2.20. The first kappa shape index (κ1) is 11.3. The van der Waals surface area contributed by atoms with Gasteiger partial charge in [-0.3, -0.25) is 0 Å². The van der Waals surface area contributed by atoms with E-state index >= 15 is 0 Å². The summed E-state index contributed by atoms with van der Waals surface area (Å²) < 4.78 is 11.1. The molecule has 0 aliphatic heterocycles. The predicted molar refractivity (Wildman–Crippen MR) is 53.1 cm³/mol. The molecule has 0 aromatic rings. The average molecular weight is 203 g/mol. The second-order valence-corrected chi connectivity index (χ2v) is 10.6. The second kappa shape index (κ2) is 5.04. The van der Waals surface area contributed by atoms with E-state index in [1.54, 1.807) is 5.70 Å². The Morgan fingerprint density at radius 2 is 2.00 bits per heavy atom. The SMILES string of the molecule is C=C[Si]O[Si](C)O[Si](C)(C)C. The van der Waals surface area contributed by atoms with Gasteiger partial charge in [0.2, 0.25) is 9.76 Å². The van der Waals surface area contributed by atoms with Crippen LogP contribution in [0, 0.1) is 0 Å². The molecule has 0 atom stereocenters. The van der Waals surface area contributed by atoms with Crippen molar-refractivity contribution in [3.8, 4) is 0 Å². The summed E-state index contributed by atoms with van der Waals surface area (Å²) in [7, 11) is -2.00.